The molecule has 0 atom stereocenters. The van der Waals surface area contributed by atoms with Crippen LogP contribution >= 0.6 is 0 Å². The van der Waals surface area contributed by atoms with E-state index in [1.54, 1.807) is 0 Å². The Morgan fingerprint density at radius 2 is 1.35 bits per heavy atom. The highest BCUT2D eigenvalue weighted by molar-refractivity contribution is 5.75. The molecule has 0 unspecified atom stereocenters. The molecule has 130 valence electrons. The van der Waals surface area contributed by atoms with Crippen LogP contribution in [-0.2, 0) is 0 Å². The Morgan fingerprint density at radius 1 is 0.769 bits per heavy atom. The van der Waals surface area contributed by atoms with E-state index in [0.29, 0.717) is 0 Å². The van der Waals surface area contributed by atoms with Crippen LogP contribution in [-0.4, -0.2) is 0 Å². The minimum Gasteiger partial charge on any atom is -0.356 e. The molecule has 3 aromatic carbocycles. The molecule has 1 nitrogen and oxygen atoms in total. The van der Waals surface area contributed by atoms with Gasteiger partial charge in [0.25, 0.3) is 0 Å². The van der Waals surface area contributed by atoms with E-state index in [9.17, 15) is 0 Å². The summed E-state index contributed by atoms with van der Waals surface area (Å²) in [7, 11) is 0. The molecule has 3 aromatic rings. The van der Waals surface area contributed by atoms with E-state index in [-0.39, 0.29) is 0 Å². The van der Waals surface area contributed by atoms with Crippen LogP contribution in [0.1, 0.15) is 25.8 Å². The van der Waals surface area contributed by atoms with E-state index in [0.717, 1.165) is 17.8 Å². The van der Waals surface area contributed by atoms with Crippen molar-refractivity contribution in [2.75, 3.05) is 5.32 Å². The standard InChI is InChI=1S/C25H25N/c1-3-8-20(9-4-2)22-12-16-24(17-13-22)26-25-18-14-23(15-19-25)21-10-6-5-7-11-21/h3,5-19,26H,4H2,1-2H3/b8-3-,20-9+. The minimum absolute atomic E-state index is 1.04. The van der Waals surface area contributed by atoms with E-state index in [1.807, 2.05) is 6.07 Å². The van der Waals surface area contributed by atoms with Gasteiger partial charge in [0.05, 0.1) is 0 Å². The molecule has 3 rings (SSSR count). The lowest BCUT2D eigenvalue weighted by atomic mass is 10.0. The Bertz CT molecular complexity index is 870. The van der Waals surface area contributed by atoms with Gasteiger partial charge in [-0.2, -0.15) is 0 Å². The predicted octanol–water partition coefficient (Wildman–Crippen LogP) is 7.47. The zero-order chi connectivity index (χ0) is 18.2. The van der Waals surface area contributed by atoms with E-state index >= 15 is 0 Å². The van der Waals surface area contributed by atoms with Crippen molar-refractivity contribution in [3.8, 4) is 11.1 Å². The predicted molar refractivity (Wildman–Crippen MR) is 115 cm³/mol. The monoisotopic (exact) mass is 339 g/mol. The topological polar surface area (TPSA) is 12.0 Å². The largest absolute Gasteiger partial charge is 0.356 e. The fraction of sp³-hybridized carbons (Fsp3) is 0.120. The van der Waals surface area contributed by atoms with Gasteiger partial charge in [-0.05, 0) is 59.9 Å². The lowest BCUT2D eigenvalue weighted by Crippen LogP contribution is -1.91. The molecule has 0 aliphatic heterocycles. The molecule has 0 spiro atoms. The van der Waals surface area contributed by atoms with Crippen molar-refractivity contribution in [3.05, 3.63) is 103 Å². The molecule has 1 N–H and O–H groups in total. The molecule has 1 heteroatoms. The third-order valence-electron chi connectivity index (χ3n) is 4.27. The van der Waals surface area contributed by atoms with Crippen LogP contribution in [0.15, 0.2) is 97.1 Å². The number of benzene rings is 3. The molecule has 26 heavy (non-hydrogen) atoms. The molecular formula is C25H25N. The molecule has 0 amide bonds. The van der Waals surface area contributed by atoms with Gasteiger partial charge in [-0.3, -0.25) is 0 Å². The first-order valence-corrected chi connectivity index (χ1v) is 9.16. The van der Waals surface area contributed by atoms with Crippen LogP contribution in [0, 0.1) is 0 Å². The van der Waals surface area contributed by atoms with Gasteiger partial charge in [-0.25, -0.2) is 0 Å². The maximum absolute atomic E-state index is 3.48. The molecule has 0 fully saturated rings. The third-order valence-corrected chi connectivity index (χ3v) is 4.27. The van der Waals surface area contributed by atoms with Crippen molar-refractivity contribution in [3.63, 3.8) is 0 Å². The van der Waals surface area contributed by atoms with E-state index in [4.69, 9.17) is 0 Å². The smallest absolute Gasteiger partial charge is 0.0384 e. The number of rotatable bonds is 6. The summed E-state index contributed by atoms with van der Waals surface area (Å²) in [5, 5.41) is 3.48. The number of hydrogen-bond acceptors (Lipinski definition) is 1. The maximum Gasteiger partial charge on any atom is 0.0384 e. The van der Waals surface area contributed by atoms with Crippen molar-refractivity contribution < 1.29 is 0 Å². The molecule has 0 bridgehead atoms. The molecular weight excluding hydrogens is 314 g/mol. The van der Waals surface area contributed by atoms with Crippen LogP contribution in [0.5, 0.6) is 0 Å². The van der Waals surface area contributed by atoms with Gasteiger partial charge in [0.15, 0.2) is 0 Å². The second-order valence-corrected chi connectivity index (χ2v) is 6.21. The van der Waals surface area contributed by atoms with Gasteiger partial charge in [-0.1, -0.05) is 79.7 Å². The Morgan fingerprint density at radius 3 is 1.92 bits per heavy atom. The highest BCUT2D eigenvalue weighted by atomic mass is 14.9. The second kappa shape index (κ2) is 8.87. The number of hydrogen-bond donors (Lipinski definition) is 1. The summed E-state index contributed by atoms with van der Waals surface area (Å²) in [5.74, 6) is 0. The van der Waals surface area contributed by atoms with E-state index in [2.05, 4.69) is 110 Å². The maximum atomic E-state index is 3.48. The quantitative estimate of drug-likeness (QED) is 0.459. The van der Waals surface area contributed by atoms with E-state index in [1.165, 1.54) is 22.3 Å². The van der Waals surface area contributed by atoms with E-state index < -0.39 is 0 Å². The molecule has 0 saturated heterocycles. The van der Waals surface area contributed by atoms with Crippen LogP contribution < -0.4 is 5.32 Å². The highest BCUT2D eigenvalue weighted by Crippen LogP contribution is 2.24. The average Bonchev–Trinajstić information content (AvgIpc) is 2.70. The summed E-state index contributed by atoms with van der Waals surface area (Å²) in [4.78, 5) is 0. The second-order valence-electron chi connectivity index (χ2n) is 6.21. The first kappa shape index (κ1) is 17.8. The number of nitrogens with one attached hydrogen (secondary N) is 1. The van der Waals surface area contributed by atoms with Crippen LogP contribution in [0.25, 0.3) is 16.7 Å². The lowest BCUT2D eigenvalue weighted by molar-refractivity contribution is 1.23. The third kappa shape index (κ3) is 4.52. The van der Waals surface area contributed by atoms with Crippen LogP contribution in [0.4, 0.5) is 11.4 Å². The summed E-state index contributed by atoms with van der Waals surface area (Å²) in [5.41, 5.74) is 7.17. The first-order valence-electron chi connectivity index (χ1n) is 9.16. The summed E-state index contributed by atoms with van der Waals surface area (Å²) in [6.45, 7) is 4.22. The molecule has 0 aliphatic carbocycles. The van der Waals surface area contributed by atoms with Crippen molar-refractivity contribution >= 4 is 16.9 Å². The lowest BCUT2D eigenvalue weighted by Gasteiger charge is -2.09. The number of anilines is 2. The van der Waals surface area contributed by atoms with Gasteiger partial charge < -0.3 is 5.32 Å². The summed E-state index contributed by atoms with van der Waals surface area (Å²) in [6.07, 6.45) is 7.54. The average molecular weight is 339 g/mol. The minimum atomic E-state index is 1.04. The first-order chi connectivity index (χ1) is 12.8. The van der Waals surface area contributed by atoms with Crippen LogP contribution in [0.2, 0.25) is 0 Å². The van der Waals surface area contributed by atoms with Gasteiger partial charge >= 0.3 is 0 Å². The van der Waals surface area contributed by atoms with Gasteiger partial charge in [0, 0.05) is 11.4 Å². The zero-order valence-corrected chi connectivity index (χ0v) is 15.4. The van der Waals surface area contributed by atoms with Gasteiger partial charge in [-0.15, -0.1) is 0 Å². The molecule has 0 saturated carbocycles. The Labute approximate surface area is 156 Å². The fourth-order valence-electron chi connectivity index (χ4n) is 2.97. The molecule has 0 radical (unpaired) electrons. The summed E-state index contributed by atoms with van der Waals surface area (Å²) in [6, 6.07) is 27.6. The van der Waals surface area contributed by atoms with Crippen molar-refractivity contribution in [1.82, 2.24) is 0 Å². The summed E-state index contributed by atoms with van der Waals surface area (Å²) < 4.78 is 0. The molecule has 0 heterocycles. The SMILES string of the molecule is C/C=C\C(=C/CC)c1ccc(Nc2ccc(-c3ccccc3)cc2)cc1. The molecule has 0 aromatic heterocycles. The normalized spacial score (nSPS) is 11.7. The van der Waals surface area contributed by atoms with Crippen LogP contribution in [0.3, 0.4) is 0 Å². The Kier molecular flexibility index (Phi) is 6.05. The molecule has 0 aliphatic rings. The fourth-order valence-corrected chi connectivity index (χ4v) is 2.97. The highest BCUT2D eigenvalue weighted by Gasteiger charge is 2.00. The zero-order valence-electron chi connectivity index (χ0n) is 15.4. The Balaban J connectivity index is 1.72. The van der Waals surface area contributed by atoms with Gasteiger partial charge in [0.1, 0.15) is 0 Å². The van der Waals surface area contributed by atoms with Crippen molar-refractivity contribution in [2.45, 2.75) is 20.3 Å². The Hall–Kier alpha value is -3.06. The van der Waals surface area contributed by atoms with Gasteiger partial charge in [0.2, 0.25) is 0 Å². The summed E-state index contributed by atoms with van der Waals surface area (Å²) >= 11 is 0. The van der Waals surface area contributed by atoms with Crippen molar-refractivity contribution in [2.24, 2.45) is 0 Å². The number of allylic oxidation sites excluding steroid dienone is 4. The van der Waals surface area contributed by atoms with Crippen molar-refractivity contribution in [1.29, 1.82) is 0 Å².